The Morgan fingerprint density at radius 3 is 3.00 bits per heavy atom. The molecular weight excluding hydrogens is 216 g/mol. The molecule has 2 rings (SSSR count). The molecule has 0 spiro atoms. The number of nitrogens with one attached hydrogen (secondary N) is 1. The molecule has 2 heterocycles. The Balaban J connectivity index is 2.09. The summed E-state index contributed by atoms with van der Waals surface area (Å²) < 4.78 is 0. The number of thiophene rings is 1. The number of hydrogen-bond acceptors (Lipinski definition) is 4. The largest absolute Gasteiger partial charge is 0.298 e. The summed E-state index contributed by atoms with van der Waals surface area (Å²) in [5.41, 5.74) is 0.683. The van der Waals surface area contributed by atoms with Gasteiger partial charge in [0.2, 0.25) is 0 Å². The molecule has 1 amide bonds. The number of thiazole rings is 1. The maximum absolute atomic E-state index is 11.5. The third-order valence-electron chi connectivity index (χ3n) is 1.63. The molecule has 0 bridgehead atoms. The average Bonchev–Trinajstić information content (AvgIpc) is 2.75. The second-order valence-corrected chi connectivity index (χ2v) is 4.76. The van der Waals surface area contributed by atoms with Gasteiger partial charge in [-0.2, -0.15) is 11.3 Å². The fourth-order valence-corrected chi connectivity index (χ4v) is 2.27. The Kier molecular flexibility index (Phi) is 2.60. The molecule has 0 aromatic carbocycles. The first-order valence-electron chi connectivity index (χ1n) is 4.01. The van der Waals surface area contributed by atoms with E-state index >= 15 is 0 Å². The van der Waals surface area contributed by atoms with Crippen molar-refractivity contribution in [1.29, 1.82) is 0 Å². The van der Waals surface area contributed by atoms with Gasteiger partial charge in [-0.3, -0.25) is 10.1 Å². The molecule has 14 heavy (non-hydrogen) atoms. The van der Waals surface area contributed by atoms with Crippen molar-refractivity contribution >= 4 is 33.7 Å². The molecule has 3 nitrogen and oxygen atoms in total. The smallest absolute Gasteiger partial charge is 0.258 e. The molecule has 0 aliphatic carbocycles. The van der Waals surface area contributed by atoms with Gasteiger partial charge in [-0.15, -0.1) is 11.3 Å². The molecule has 2 aromatic heterocycles. The number of rotatable bonds is 2. The predicted octanol–water partition coefficient (Wildman–Crippen LogP) is 2.77. The first-order valence-corrected chi connectivity index (χ1v) is 5.77. The van der Waals surface area contributed by atoms with E-state index in [4.69, 9.17) is 0 Å². The monoisotopic (exact) mass is 224 g/mol. The zero-order valence-corrected chi connectivity index (χ0v) is 9.11. The van der Waals surface area contributed by atoms with E-state index < -0.39 is 0 Å². The maximum Gasteiger partial charge on any atom is 0.258 e. The lowest BCUT2D eigenvalue weighted by molar-refractivity contribution is 0.102. The van der Waals surface area contributed by atoms with E-state index in [1.807, 2.05) is 17.7 Å². The summed E-state index contributed by atoms with van der Waals surface area (Å²) in [6.07, 6.45) is 1.74. The summed E-state index contributed by atoms with van der Waals surface area (Å²) in [6.45, 7) is 1.96. The number of aryl methyl sites for hydroxylation is 1. The molecule has 0 aliphatic heterocycles. The van der Waals surface area contributed by atoms with Crippen molar-refractivity contribution in [2.24, 2.45) is 0 Å². The van der Waals surface area contributed by atoms with Gasteiger partial charge >= 0.3 is 0 Å². The van der Waals surface area contributed by atoms with Gasteiger partial charge in [0.25, 0.3) is 5.91 Å². The molecule has 0 saturated carbocycles. The van der Waals surface area contributed by atoms with Gasteiger partial charge in [-0.1, -0.05) is 0 Å². The summed E-state index contributed by atoms with van der Waals surface area (Å²) >= 11 is 2.98. The predicted molar refractivity (Wildman–Crippen MR) is 59.1 cm³/mol. The third-order valence-corrected chi connectivity index (χ3v) is 3.14. The van der Waals surface area contributed by atoms with Gasteiger partial charge in [0.15, 0.2) is 5.13 Å². The zero-order valence-electron chi connectivity index (χ0n) is 7.48. The molecule has 1 N–H and O–H groups in total. The fraction of sp³-hybridized carbons (Fsp3) is 0.111. The highest BCUT2D eigenvalue weighted by Crippen LogP contribution is 2.17. The fourth-order valence-electron chi connectivity index (χ4n) is 0.975. The molecule has 5 heteroatoms. The van der Waals surface area contributed by atoms with Crippen molar-refractivity contribution in [3.63, 3.8) is 0 Å². The lowest BCUT2D eigenvalue weighted by Crippen LogP contribution is -2.10. The Bertz CT molecular complexity index is 433. The second-order valence-electron chi connectivity index (χ2n) is 2.74. The summed E-state index contributed by atoms with van der Waals surface area (Å²) in [6, 6.07) is 1.79. The van der Waals surface area contributed by atoms with E-state index in [1.165, 1.54) is 22.7 Å². The lowest BCUT2D eigenvalue weighted by atomic mass is 10.3. The van der Waals surface area contributed by atoms with Crippen LogP contribution in [0.4, 0.5) is 5.13 Å². The van der Waals surface area contributed by atoms with Crippen molar-refractivity contribution in [3.05, 3.63) is 33.5 Å². The van der Waals surface area contributed by atoms with Crippen LogP contribution in [0.1, 0.15) is 15.2 Å². The van der Waals surface area contributed by atoms with Crippen LogP contribution < -0.4 is 5.32 Å². The topological polar surface area (TPSA) is 42.0 Å². The van der Waals surface area contributed by atoms with Crippen LogP contribution in [0.15, 0.2) is 23.0 Å². The Labute approximate surface area is 89.4 Å². The number of aromatic nitrogens is 1. The Morgan fingerprint density at radius 2 is 2.43 bits per heavy atom. The Hall–Kier alpha value is -1.20. The highest BCUT2D eigenvalue weighted by molar-refractivity contribution is 7.15. The van der Waals surface area contributed by atoms with Crippen LogP contribution in [0.2, 0.25) is 0 Å². The van der Waals surface area contributed by atoms with Gasteiger partial charge in [-0.05, 0) is 18.4 Å². The highest BCUT2D eigenvalue weighted by atomic mass is 32.1. The van der Waals surface area contributed by atoms with Crippen LogP contribution in [-0.2, 0) is 0 Å². The summed E-state index contributed by atoms with van der Waals surface area (Å²) in [4.78, 5) is 16.7. The second kappa shape index (κ2) is 3.89. The minimum Gasteiger partial charge on any atom is -0.298 e. The standard InChI is InChI=1S/C9H8N2OS2/c1-6-4-10-9(14-6)11-8(12)7-2-3-13-5-7/h2-5H,1H3,(H,10,11,12). The number of carbonyl (C=O) groups is 1. The molecule has 0 radical (unpaired) electrons. The normalized spacial score (nSPS) is 10.1. The molecule has 72 valence electrons. The molecule has 0 atom stereocenters. The molecule has 0 saturated heterocycles. The van der Waals surface area contributed by atoms with Crippen molar-refractivity contribution in [2.75, 3.05) is 5.32 Å². The van der Waals surface area contributed by atoms with Gasteiger partial charge < -0.3 is 0 Å². The van der Waals surface area contributed by atoms with E-state index in [-0.39, 0.29) is 5.91 Å². The summed E-state index contributed by atoms with van der Waals surface area (Å²) in [5, 5.41) is 7.08. The van der Waals surface area contributed by atoms with Gasteiger partial charge in [0, 0.05) is 16.5 Å². The maximum atomic E-state index is 11.5. The number of anilines is 1. The van der Waals surface area contributed by atoms with Crippen LogP contribution in [0.5, 0.6) is 0 Å². The average molecular weight is 224 g/mol. The number of carbonyl (C=O) groups excluding carboxylic acids is 1. The van der Waals surface area contributed by atoms with Crippen molar-refractivity contribution in [1.82, 2.24) is 4.98 Å². The minimum atomic E-state index is -0.0967. The van der Waals surface area contributed by atoms with Crippen LogP contribution in [0.25, 0.3) is 0 Å². The van der Waals surface area contributed by atoms with Crippen molar-refractivity contribution in [2.45, 2.75) is 6.92 Å². The number of nitrogens with zero attached hydrogens (tertiary/aromatic N) is 1. The molecule has 0 fully saturated rings. The third kappa shape index (κ3) is 2.00. The molecule has 0 unspecified atom stereocenters. The highest BCUT2D eigenvalue weighted by Gasteiger charge is 2.07. The van der Waals surface area contributed by atoms with Gasteiger partial charge in [-0.25, -0.2) is 4.98 Å². The van der Waals surface area contributed by atoms with E-state index in [1.54, 1.807) is 12.3 Å². The molecule has 0 aliphatic rings. The van der Waals surface area contributed by atoms with Gasteiger partial charge in [0.05, 0.1) is 5.56 Å². The minimum absolute atomic E-state index is 0.0967. The first-order chi connectivity index (χ1) is 6.75. The van der Waals surface area contributed by atoms with Crippen LogP contribution in [0, 0.1) is 6.92 Å². The van der Waals surface area contributed by atoms with E-state index in [0.29, 0.717) is 10.7 Å². The van der Waals surface area contributed by atoms with Crippen LogP contribution in [0.3, 0.4) is 0 Å². The quantitative estimate of drug-likeness (QED) is 0.852. The lowest BCUT2D eigenvalue weighted by Gasteiger charge is -1.97. The van der Waals surface area contributed by atoms with Crippen LogP contribution >= 0.6 is 22.7 Å². The molecule has 2 aromatic rings. The SMILES string of the molecule is Cc1cnc(NC(=O)c2ccsc2)s1. The zero-order chi connectivity index (χ0) is 9.97. The number of amides is 1. The van der Waals surface area contributed by atoms with Crippen molar-refractivity contribution in [3.8, 4) is 0 Å². The van der Waals surface area contributed by atoms with E-state index in [2.05, 4.69) is 10.3 Å². The van der Waals surface area contributed by atoms with Gasteiger partial charge in [0.1, 0.15) is 0 Å². The number of hydrogen-bond donors (Lipinski definition) is 1. The summed E-state index contributed by atoms with van der Waals surface area (Å²) in [7, 11) is 0. The first kappa shape index (κ1) is 9.36. The van der Waals surface area contributed by atoms with Crippen LogP contribution in [-0.4, -0.2) is 10.9 Å². The Morgan fingerprint density at radius 1 is 1.57 bits per heavy atom. The molecular formula is C9H8N2OS2. The van der Waals surface area contributed by atoms with E-state index in [0.717, 1.165) is 4.88 Å². The van der Waals surface area contributed by atoms with Crippen molar-refractivity contribution < 1.29 is 4.79 Å². The summed E-state index contributed by atoms with van der Waals surface area (Å²) in [5.74, 6) is -0.0967. The van der Waals surface area contributed by atoms with E-state index in [9.17, 15) is 4.79 Å².